The zero-order chi connectivity index (χ0) is 49.5. The number of benzene rings is 6. The average molecular weight is 1000 g/mol. The van der Waals surface area contributed by atoms with Gasteiger partial charge in [-0.2, -0.15) is 0 Å². The van der Waals surface area contributed by atoms with Crippen molar-refractivity contribution in [2.45, 2.75) is 98.8 Å². The van der Waals surface area contributed by atoms with E-state index in [1.807, 2.05) is 48.5 Å². The van der Waals surface area contributed by atoms with Gasteiger partial charge in [0, 0.05) is 38.5 Å². The first-order valence-corrected chi connectivity index (χ1v) is 21.1. The first-order chi connectivity index (χ1) is 31.9. The van der Waals surface area contributed by atoms with Crippen LogP contribution < -0.4 is 0 Å². The number of para-hydroxylation sites is 1. The Morgan fingerprint density at radius 2 is 1.35 bits per heavy atom. The molecule has 0 unspecified atom stereocenters. The number of pyridine rings is 1. The van der Waals surface area contributed by atoms with Crippen LogP contribution in [0.2, 0.25) is 0 Å². The second kappa shape index (κ2) is 17.3. The molecular weight excluding hydrogens is 938 g/mol. The maximum absolute atomic E-state index is 12.3. The third-order valence-electron chi connectivity index (χ3n) is 11.4. The number of hydrogen-bond donors (Lipinski definition) is 1. The van der Waals surface area contributed by atoms with Crippen molar-refractivity contribution in [3.63, 3.8) is 0 Å². The number of aromatic nitrogens is 3. The Labute approximate surface area is 393 Å². The average Bonchev–Trinajstić information content (AvgIpc) is 3.68. The van der Waals surface area contributed by atoms with Gasteiger partial charge in [-0.05, 0) is 93.3 Å². The second-order valence-electron chi connectivity index (χ2n) is 18.8. The molecule has 0 aliphatic rings. The number of fused-ring (bicyclic) bond motifs is 1. The molecule has 62 heavy (non-hydrogen) atoms. The summed E-state index contributed by atoms with van der Waals surface area (Å²) in [6.07, 6.45) is -0.471. The summed E-state index contributed by atoms with van der Waals surface area (Å²) >= 11 is 0. The van der Waals surface area contributed by atoms with Gasteiger partial charge in [-0.15, -0.1) is 29.3 Å². The van der Waals surface area contributed by atoms with E-state index in [0.717, 1.165) is 44.6 Å². The molecule has 8 aromatic rings. The van der Waals surface area contributed by atoms with E-state index in [1.54, 1.807) is 0 Å². The summed E-state index contributed by atoms with van der Waals surface area (Å²) < 4.78 is 64.2. The molecular formula is C57H58N3OPt-. The van der Waals surface area contributed by atoms with E-state index >= 15 is 0 Å². The molecule has 1 N–H and O–H groups in total. The zero-order valence-electron chi connectivity index (χ0n) is 44.4. The van der Waals surface area contributed by atoms with E-state index < -0.39 is 17.6 Å². The Bertz CT molecular complexity index is 3280. The van der Waals surface area contributed by atoms with E-state index in [-0.39, 0.29) is 96.7 Å². The van der Waals surface area contributed by atoms with Gasteiger partial charge in [0.1, 0.15) is 11.6 Å². The molecule has 0 spiro atoms. The van der Waals surface area contributed by atoms with E-state index in [4.69, 9.17) is 13.2 Å². The maximum Gasteiger partial charge on any atom is 0.148 e. The summed E-state index contributed by atoms with van der Waals surface area (Å²) in [4.78, 5) is 10.0. The van der Waals surface area contributed by atoms with Crippen molar-refractivity contribution >= 4 is 11.0 Å². The van der Waals surface area contributed by atoms with E-state index in [9.17, 15) is 6.48 Å². The van der Waals surface area contributed by atoms with Crippen molar-refractivity contribution in [1.82, 2.24) is 14.5 Å². The summed E-state index contributed by atoms with van der Waals surface area (Å²) in [5, 5.41) is 12.3. The van der Waals surface area contributed by atoms with Crippen LogP contribution in [0.5, 0.6) is 5.75 Å². The van der Waals surface area contributed by atoms with Gasteiger partial charge in [0.05, 0.1) is 31.9 Å². The number of imidazole rings is 1. The zero-order valence-corrected chi connectivity index (χ0v) is 39.7. The summed E-state index contributed by atoms with van der Waals surface area (Å²) in [5.74, 6) is 0.921. The monoisotopic (exact) mass is 1000 g/mol. The minimum atomic E-state index is -0.471. The molecule has 4 nitrogen and oxygen atoms in total. The Hall–Kier alpha value is -5.57. The normalized spacial score (nSPS) is 13.6. The molecule has 0 aliphatic carbocycles. The van der Waals surface area contributed by atoms with Crippen molar-refractivity contribution in [3.8, 4) is 67.5 Å². The predicted octanol–water partition coefficient (Wildman–Crippen LogP) is 15.4. The Morgan fingerprint density at radius 3 is 2.02 bits per heavy atom. The molecule has 8 rings (SSSR count). The fourth-order valence-electron chi connectivity index (χ4n) is 7.76. The molecule has 0 saturated heterocycles. The van der Waals surface area contributed by atoms with Gasteiger partial charge in [0.15, 0.2) is 0 Å². The van der Waals surface area contributed by atoms with Crippen LogP contribution in [0.1, 0.15) is 118 Å². The molecule has 2 aromatic heterocycles. The summed E-state index contributed by atoms with van der Waals surface area (Å²) in [6, 6.07) is 32.4. The number of hydrogen-bond acceptors (Lipinski definition) is 3. The van der Waals surface area contributed by atoms with Crippen LogP contribution in [0.3, 0.4) is 0 Å². The summed E-state index contributed by atoms with van der Waals surface area (Å²) in [5.41, 5.74) is 9.77. The molecule has 0 fully saturated rings. The first-order valence-electron chi connectivity index (χ1n) is 24.6. The molecule has 0 atom stereocenters. The third kappa shape index (κ3) is 8.73. The van der Waals surface area contributed by atoms with E-state index in [2.05, 4.69) is 127 Å². The van der Waals surface area contributed by atoms with Crippen LogP contribution in [0.25, 0.3) is 72.7 Å². The van der Waals surface area contributed by atoms with Crippen molar-refractivity contribution in [2.75, 3.05) is 0 Å². The van der Waals surface area contributed by atoms with Crippen molar-refractivity contribution in [3.05, 3.63) is 167 Å². The van der Waals surface area contributed by atoms with Gasteiger partial charge >= 0.3 is 0 Å². The number of phenolic OH excluding ortho intramolecular Hbond substituents is 1. The summed E-state index contributed by atoms with van der Waals surface area (Å²) in [7, 11) is 0. The van der Waals surface area contributed by atoms with Crippen LogP contribution in [-0.2, 0) is 31.9 Å². The van der Waals surface area contributed by atoms with Crippen LogP contribution in [0, 0.1) is 13.0 Å². The molecule has 0 aliphatic heterocycles. The maximum atomic E-state index is 12.3. The van der Waals surface area contributed by atoms with Crippen molar-refractivity contribution in [2.24, 2.45) is 0 Å². The van der Waals surface area contributed by atoms with Crippen LogP contribution in [0.15, 0.2) is 133 Å². The molecule has 0 amide bonds. The Morgan fingerprint density at radius 1 is 0.661 bits per heavy atom. The van der Waals surface area contributed by atoms with E-state index in [0.29, 0.717) is 28.0 Å². The smallest absolute Gasteiger partial charge is 0.148 e. The van der Waals surface area contributed by atoms with Crippen LogP contribution >= 0.6 is 0 Å². The topological polar surface area (TPSA) is 50.9 Å². The molecule has 0 saturated carbocycles. The minimum Gasteiger partial charge on any atom is -0.507 e. The molecule has 5 heteroatoms. The summed E-state index contributed by atoms with van der Waals surface area (Å²) in [6.45, 7) is 22.8. The van der Waals surface area contributed by atoms with E-state index in [1.165, 1.54) is 12.5 Å². The molecule has 0 radical (unpaired) electrons. The fraction of sp³-hybridized carbons (Fsp3) is 0.263. The van der Waals surface area contributed by atoms with Gasteiger partial charge in [0.2, 0.25) is 0 Å². The number of rotatable bonds is 8. The van der Waals surface area contributed by atoms with Gasteiger partial charge in [-0.3, -0.25) is 9.55 Å². The Balaban J connectivity index is 0.00000703. The standard InChI is InChI=1S/C57H58N3O.Pt/c1-35(2)41-31-47(36(3)4)54(61)49(32-41)55-59-53-46(18-15-19-52(53)60(55)51-25-24-44(56(6,7)8)34-48(51)39-16-13-12-14-17-39)42-28-43(30-45(29-42)57(9,10)11)50-33-40(26-27-58-50)38-22-20-37(5)21-23-38;/h12-27,29-36,61H,1-11H3;/q-1;/i20D,21D,22D,23D,26D,27D,33D;. The van der Waals surface area contributed by atoms with Gasteiger partial charge in [-0.25, -0.2) is 4.98 Å². The molecule has 2 heterocycles. The largest absolute Gasteiger partial charge is 0.507 e. The minimum absolute atomic E-state index is 0. The van der Waals surface area contributed by atoms with Gasteiger partial charge in [-0.1, -0.05) is 171 Å². The SMILES string of the molecule is [2H]c1nc(-c2[c-]c(-c3cccc4c3nc(-c3cc(C(C)C)cc(C(C)C)c3O)n4-c3ccc(C(C)(C)C)cc3-c3ccccc3)cc(C(C)(C)C)c2)c([2H])c(-c2c([2H])c([2H])c(C)c([2H])c2[2H])c1[2H].[Pt]. The number of nitrogens with zero attached hydrogens (tertiary/aromatic N) is 3. The third-order valence-corrected chi connectivity index (χ3v) is 11.4. The fourth-order valence-corrected chi connectivity index (χ4v) is 7.76. The van der Waals surface area contributed by atoms with Crippen LogP contribution in [-0.4, -0.2) is 19.6 Å². The number of phenols is 1. The van der Waals surface area contributed by atoms with Crippen molar-refractivity contribution < 1.29 is 35.8 Å². The predicted molar refractivity (Wildman–Crippen MR) is 257 cm³/mol. The molecule has 318 valence electrons. The first kappa shape index (κ1) is 36.0. The Kier molecular flexibility index (Phi) is 10.0. The van der Waals surface area contributed by atoms with Crippen molar-refractivity contribution in [1.29, 1.82) is 0 Å². The van der Waals surface area contributed by atoms with Crippen LogP contribution in [0.4, 0.5) is 0 Å². The quantitative estimate of drug-likeness (QED) is 0.154. The molecule has 0 bridgehead atoms. The second-order valence-corrected chi connectivity index (χ2v) is 18.8. The van der Waals surface area contributed by atoms with Gasteiger partial charge in [0.25, 0.3) is 0 Å². The van der Waals surface area contributed by atoms with Gasteiger partial charge < -0.3 is 5.11 Å². The molecule has 6 aromatic carbocycles. The number of aromatic hydroxyl groups is 1.